The summed E-state index contributed by atoms with van der Waals surface area (Å²) in [7, 11) is 1.32. The molecule has 0 saturated heterocycles. The van der Waals surface area contributed by atoms with Gasteiger partial charge in [-0.3, -0.25) is 0 Å². The molecule has 0 spiro atoms. The fraction of sp³-hybridized carbons (Fsp3) is 0.400. The van der Waals surface area contributed by atoms with E-state index in [0.717, 1.165) is 6.07 Å². The van der Waals surface area contributed by atoms with E-state index >= 15 is 0 Å². The molecule has 0 bridgehead atoms. The maximum atomic E-state index is 12.6. The molecule has 1 aromatic rings. The van der Waals surface area contributed by atoms with Crippen LogP contribution in [-0.2, 0) is 6.18 Å². The first-order valence-corrected chi connectivity index (χ1v) is 4.37. The molecular weight excluding hydrogens is 207 g/mol. The van der Waals surface area contributed by atoms with Gasteiger partial charge in [0.25, 0.3) is 0 Å². The highest BCUT2D eigenvalue weighted by Crippen LogP contribution is 2.38. The number of alkyl halides is 3. The van der Waals surface area contributed by atoms with Crippen LogP contribution in [0.1, 0.15) is 24.1 Å². The van der Waals surface area contributed by atoms with Crippen LogP contribution >= 0.6 is 0 Å². The van der Waals surface area contributed by atoms with Crippen LogP contribution in [0.25, 0.3) is 0 Å². The Kier molecular flexibility index (Phi) is 3.24. The van der Waals surface area contributed by atoms with Gasteiger partial charge in [0, 0.05) is 11.6 Å². The van der Waals surface area contributed by atoms with Gasteiger partial charge in [0.1, 0.15) is 5.75 Å². The van der Waals surface area contributed by atoms with Gasteiger partial charge in [0.15, 0.2) is 0 Å². The average Bonchev–Trinajstić information content (AvgIpc) is 2.15. The van der Waals surface area contributed by atoms with Crippen molar-refractivity contribution in [2.45, 2.75) is 19.1 Å². The zero-order chi connectivity index (χ0) is 11.6. The van der Waals surface area contributed by atoms with Crippen molar-refractivity contribution in [3.05, 3.63) is 29.3 Å². The summed E-state index contributed by atoms with van der Waals surface area (Å²) in [5, 5.41) is 0. The topological polar surface area (TPSA) is 35.2 Å². The Bertz CT molecular complexity index is 347. The van der Waals surface area contributed by atoms with Crippen LogP contribution in [0.4, 0.5) is 13.2 Å². The normalized spacial score (nSPS) is 13.7. The largest absolute Gasteiger partial charge is 0.496 e. The Morgan fingerprint density at radius 2 is 1.93 bits per heavy atom. The second-order valence-electron chi connectivity index (χ2n) is 3.21. The van der Waals surface area contributed by atoms with E-state index in [2.05, 4.69) is 0 Å². The monoisotopic (exact) mass is 219 g/mol. The maximum absolute atomic E-state index is 12.6. The van der Waals surface area contributed by atoms with E-state index < -0.39 is 17.8 Å². The van der Waals surface area contributed by atoms with E-state index in [4.69, 9.17) is 10.5 Å². The third-order valence-electron chi connectivity index (χ3n) is 2.05. The van der Waals surface area contributed by atoms with Crippen molar-refractivity contribution in [1.82, 2.24) is 0 Å². The van der Waals surface area contributed by atoms with Gasteiger partial charge in [-0.05, 0) is 19.1 Å². The molecule has 2 nitrogen and oxygen atoms in total. The molecule has 0 amide bonds. The van der Waals surface area contributed by atoms with Crippen molar-refractivity contribution in [2.24, 2.45) is 5.73 Å². The lowest BCUT2D eigenvalue weighted by molar-refractivity contribution is -0.138. The van der Waals surface area contributed by atoms with Crippen LogP contribution < -0.4 is 10.5 Å². The van der Waals surface area contributed by atoms with E-state index in [1.54, 1.807) is 0 Å². The summed E-state index contributed by atoms with van der Waals surface area (Å²) < 4.78 is 42.7. The van der Waals surface area contributed by atoms with Crippen LogP contribution in [-0.4, -0.2) is 7.11 Å². The summed E-state index contributed by atoms with van der Waals surface area (Å²) in [6, 6.07) is 3.04. The summed E-state index contributed by atoms with van der Waals surface area (Å²) in [6.45, 7) is 1.49. The van der Waals surface area contributed by atoms with E-state index in [9.17, 15) is 13.2 Å². The zero-order valence-corrected chi connectivity index (χ0v) is 8.43. The first kappa shape index (κ1) is 11.8. The SMILES string of the molecule is COc1cccc(C(F)(F)F)c1C(C)N. The highest BCUT2D eigenvalue weighted by atomic mass is 19.4. The third kappa shape index (κ3) is 2.41. The minimum atomic E-state index is -4.41. The quantitative estimate of drug-likeness (QED) is 0.830. The van der Waals surface area contributed by atoms with Gasteiger partial charge in [-0.15, -0.1) is 0 Å². The second kappa shape index (κ2) is 4.10. The second-order valence-corrected chi connectivity index (χ2v) is 3.21. The Hall–Kier alpha value is -1.23. The fourth-order valence-corrected chi connectivity index (χ4v) is 1.44. The van der Waals surface area contributed by atoms with E-state index in [1.165, 1.54) is 26.2 Å². The molecule has 1 aromatic carbocycles. The molecule has 0 aliphatic carbocycles. The van der Waals surface area contributed by atoms with Gasteiger partial charge >= 0.3 is 6.18 Å². The molecule has 0 heterocycles. The summed E-state index contributed by atoms with van der Waals surface area (Å²) in [6.07, 6.45) is -4.41. The number of halogens is 3. The van der Waals surface area contributed by atoms with Gasteiger partial charge in [0.2, 0.25) is 0 Å². The van der Waals surface area contributed by atoms with Gasteiger partial charge < -0.3 is 10.5 Å². The maximum Gasteiger partial charge on any atom is 0.416 e. The van der Waals surface area contributed by atoms with Crippen molar-refractivity contribution in [1.29, 1.82) is 0 Å². The van der Waals surface area contributed by atoms with Crippen LogP contribution in [0.3, 0.4) is 0 Å². The van der Waals surface area contributed by atoms with Crippen LogP contribution in [0, 0.1) is 0 Å². The van der Waals surface area contributed by atoms with Crippen molar-refractivity contribution in [3.63, 3.8) is 0 Å². The van der Waals surface area contributed by atoms with Crippen molar-refractivity contribution in [3.8, 4) is 5.75 Å². The Morgan fingerprint density at radius 1 is 1.33 bits per heavy atom. The van der Waals surface area contributed by atoms with E-state index in [1.807, 2.05) is 0 Å². The van der Waals surface area contributed by atoms with Crippen LogP contribution in [0.2, 0.25) is 0 Å². The molecule has 0 aromatic heterocycles. The number of benzene rings is 1. The minimum Gasteiger partial charge on any atom is -0.496 e. The minimum absolute atomic E-state index is 0.00694. The first-order valence-electron chi connectivity index (χ1n) is 4.37. The van der Waals surface area contributed by atoms with Crippen molar-refractivity contribution < 1.29 is 17.9 Å². The molecule has 1 atom stereocenters. The summed E-state index contributed by atoms with van der Waals surface area (Å²) in [5.74, 6) is 0.167. The number of hydrogen-bond acceptors (Lipinski definition) is 2. The summed E-state index contributed by atoms with van der Waals surface area (Å²) in [5.41, 5.74) is 4.76. The average molecular weight is 219 g/mol. The molecule has 0 fully saturated rings. The summed E-state index contributed by atoms with van der Waals surface area (Å²) in [4.78, 5) is 0. The molecule has 84 valence electrons. The molecule has 0 aliphatic heterocycles. The Labute approximate surface area is 85.8 Å². The predicted octanol–water partition coefficient (Wildman–Crippen LogP) is 2.73. The van der Waals surface area contributed by atoms with Gasteiger partial charge in [0.05, 0.1) is 12.7 Å². The van der Waals surface area contributed by atoms with Crippen LogP contribution in [0.15, 0.2) is 18.2 Å². The molecule has 15 heavy (non-hydrogen) atoms. The molecule has 1 rings (SSSR count). The number of rotatable bonds is 2. The van der Waals surface area contributed by atoms with Gasteiger partial charge in [-0.2, -0.15) is 13.2 Å². The lowest BCUT2D eigenvalue weighted by atomic mass is 10.0. The summed E-state index contributed by atoms with van der Waals surface area (Å²) >= 11 is 0. The lowest BCUT2D eigenvalue weighted by Gasteiger charge is -2.18. The number of ether oxygens (including phenoxy) is 1. The third-order valence-corrected chi connectivity index (χ3v) is 2.05. The smallest absolute Gasteiger partial charge is 0.416 e. The van der Waals surface area contributed by atoms with E-state index in [-0.39, 0.29) is 11.3 Å². The number of methoxy groups -OCH3 is 1. The highest BCUT2D eigenvalue weighted by molar-refractivity contribution is 5.43. The molecule has 0 aliphatic rings. The van der Waals surface area contributed by atoms with Gasteiger partial charge in [-0.25, -0.2) is 0 Å². The first-order chi connectivity index (χ1) is 6.88. The molecule has 0 saturated carbocycles. The molecule has 1 unspecified atom stereocenters. The van der Waals surface area contributed by atoms with E-state index in [0.29, 0.717) is 0 Å². The Balaban J connectivity index is 3.39. The molecule has 5 heteroatoms. The fourth-order valence-electron chi connectivity index (χ4n) is 1.44. The number of nitrogens with two attached hydrogens (primary N) is 1. The van der Waals surface area contributed by atoms with Crippen molar-refractivity contribution >= 4 is 0 Å². The lowest BCUT2D eigenvalue weighted by Crippen LogP contribution is -2.16. The molecular formula is C10H12F3NO. The molecule has 2 N–H and O–H groups in total. The predicted molar refractivity (Wildman–Crippen MR) is 50.6 cm³/mol. The number of hydrogen-bond donors (Lipinski definition) is 1. The van der Waals surface area contributed by atoms with Gasteiger partial charge in [-0.1, -0.05) is 6.07 Å². The van der Waals surface area contributed by atoms with Crippen molar-refractivity contribution in [2.75, 3.05) is 7.11 Å². The zero-order valence-electron chi connectivity index (χ0n) is 8.43. The van der Waals surface area contributed by atoms with Crippen LogP contribution in [0.5, 0.6) is 5.75 Å². The standard InChI is InChI=1S/C10H12F3NO/c1-6(14)9-7(10(11,12)13)4-3-5-8(9)15-2/h3-6H,14H2,1-2H3. The highest BCUT2D eigenvalue weighted by Gasteiger charge is 2.35. The Morgan fingerprint density at radius 3 is 2.33 bits per heavy atom. The molecule has 0 radical (unpaired) electrons.